The van der Waals surface area contributed by atoms with E-state index in [2.05, 4.69) is 0 Å². The van der Waals surface area contributed by atoms with E-state index in [1.807, 2.05) is 0 Å². The minimum Gasteiger partial charge on any atom is -0.481 e. The number of anilines is 1. The summed E-state index contributed by atoms with van der Waals surface area (Å²) in [5.74, 6) is -3.37. The van der Waals surface area contributed by atoms with Gasteiger partial charge in [-0.15, -0.1) is 0 Å². The van der Waals surface area contributed by atoms with Crippen molar-refractivity contribution in [1.82, 2.24) is 0 Å². The van der Waals surface area contributed by atoms with Crippen LogP contribution in [0.3, 0.4) is 0 Å². The van der Waals surface area contributed by atoms with Crippen LogP contribution in [0.1, 0.15) is 12.0 Å². The molecule has 7 heteroatoms. The second kappa shape index (κ2) is 4.56. The van der Waals surface area contributed by atoms with Crippen molar-refractivity contribution in [3.8, 4) is 0 Å². The number of hydrogen-bond acceptors (Lipinski definition) is 2. The fourth-order valence-corrected chi connectivity index (χ4v) is 2.10. The Balaban J connectivity index is 2.39. The van der Waals surface area contributed by atoms with Crippen molar-refractivity contribution < 1.29 is 27.9 Å². The lowest BCUT2D eigenvalue weighted by Crippen LogP contribution is -2.31. The monoisotopic (exact) mass is 273 g/mol. The molecule has 1 aliphatic heterocycles. The molecular formula is C12H10F3NO3. The van der Waals surface area contributed by atoms with Crippen LogP contribution in [0.25, 0.3) is 0 Å². The molecule has 0 spiro atoms. The van der Waals surface area contributed by atoms with E-state index in [0.717, 1.165) is 11.0 Å². The third-order valence-corrected chi connectivity index (χ3v) is 3.00. The Morgan fingerprint density at radius 2 is 1.95 bits per heavy atom. The van der Waals surface area contributed by atoms with Crippen molar-refractivity contribution in [3.63, 3.8) is 0 Å². The zero-order valence-electron chi connectivity index (χ0n) is 9.65. The molecule has 0 aromatic heterocycles. The van der Waals surface area contributed by atoms with Crippen LogP contribution in [0.2, 0.25) is 0 Å². The zero-order chi connectivity index (χ0) is 14.2. The number of amides is 1. The summed E-state index contributed by atoms with van der Waals surface area (Å²) >= 11 is 0. The molecule has 19 heavy (non-hydrogen) atoms. The second-order valence-electron chi connectivity index (χ2n) is 4.18. The normalized spacial score (nSPS) is 19.8. The molecule has 0 saturated carbocycles. The van der Waals surface area contributed by atoms with Gasteiger partial charge in [0.2, 0.25) is 5.91 Å². The van der Waals surface area contributed by atoms with Crippen LogP contribution >= 0.6 is 0 Å². The van der Waals surface area contributed by atoms with Crippen molar-refractivity contribution in [2.24, 2.45) is 5.92 Å². The third-order valence-electron chi connectivity index (χ3n) is 3.00. The summed E-state index contributed by atoms with van der Waals surface area (Å²) in [6.07, 6.45) is -4.57. The first-order valence-electron chi connectivity index (χ1n) is 5.53. The molecule has 1 unspecified atom stereocenters. The maximum absolute atomic E-state index is 12.8. The van der Waals surface area contributed by atoms with E-state index in [0.29, 0.717) is 0 Å². The van der Waals surface area contributed by atoms with Crippen LogP contribution in [0.15, 0.2) is 24.3 Å². The molecule has 4 nitrogen and oxygen atoms in total. The number of alkyl halides is 3. The molecule has 1 amide bonds. The molecule has 1 aromatic carbocycles. The van der Waals surface area contributed by atoms with E-state index in [9.17, 15) is 22.8 Å². The molecule has 1 aromatic rings. The van der Waals surface area contributed by atoms with Gasteiger partial charge in [0.25, 0.3) is 0 Å². The molecule has 2 rings (SSSR count). The van der Waals surface area contributed by atoms with Gasteiger partial charge in [0.05, 0.1) is 11.3 Å². The standard InChI is InChI=1S/C12H10F3NO3/c13-12(14,15)8-3-1-2-4-9(8)16-6-5-7(10(16)17)11(18)19/h1-4,7H,5-6H2,(H,18,19). The van der Waals surface area contributed by atoms with Crippen molar-refractivity contribution in [1.29, 1.82) is 0 Å². The number of rotatable bonds is 2. The number of para-hydroxylation sites is 1. The highest BCUT2D eigenvalue weighted by molar-refractivity contribution is 6.08. The van der Waals surface area contributed by atoms with Crippen LogP contribution in [0, 0.1) is 5.92 Å². The number of hydrogen-bond donors (Lipinski definition) is 1. The summed E-state index contributed by atoms with van der Waals surface area (Å²) in [6.45, 7) is -0.0249. The Hall–Kier alpha value is -2.05. The quantitative estimate of drug-likeness (QED) is 0.840. The molecule has 0 radical (unpaired) electrons. The maximum atomic E-state index is 12.8. The number of nitrogens with zero attached hydrogens (tertiary/aromatic N) is 1. The first-order chi connectivity index (χ1) is 8.82. The highest BCUT2D eigenvalue weighted by atomic mass is 19.4. The van der Waals surface area contributed by atoms with Gasteiger partial charge < -0.3 is 10.0 Å². The fraction of sp³-hybridized carbons (Fsp3) is 0.333. The average Bonchev–Trinajstić information content (AvgIpc) is 2.70. The Morgan fingerprint density at radius 1 is 1.32 bits per heavy atom. The molecule has 1 saturated heterocycles. The highest BCUT2D eigenvalue weighted by Gasteiger charge is 2.41. The van der Waals surface area contributed by atoms with E-state index >= 15 is 0 Å². The number of carbonyl (C=O) groups is 2. The smallest absolute Gasteiger partial charge is 0.418 e. The van der Waals surface area contributed by atoms with Gasteiger partial charge in [0.15, 0.2) is 0 Å². The number of carboxylic acid groups (broad SMARTS) is 1. The molecule has 1 heterocycles. The molecule has 1 fully saturated rings. The number of carboxylic acids is 1. The third kappa shape index (κ3) is 2.40. The number of halogens is 3. The summed E-state index contributed by atoms with van der Waals surface area (Å²) < 4.78 is 38.5. The van der Waals surface area contributed by atoms with E-state index in [1.54, 1.807) is 0 Å². The fourth-order valence-electron chi connectivity index (χ4n) is 2.10. The summed E-state index contributed by atoms with van der Waals surface area (Å²) in [5.41, 5.74) is -1.22. The lowest BCUT2D eigenvalue weighted by molar-refractivity contribution is -0.144. The summed E-state index contributed by atoms with van der Waals surface area (Å²) in [6, 6.07) is 4.65. The maximum Gasteiger partial charge on any atom is 0.418 e. The van der Waals surface area contributed by atoms with Crippen LogP contribution in [-0.2, 0) is 15.8 Å². The summed E-state index contributed by atoms with van der Waals surface area (Å²) in [5, 5.41) is 8.81. The van der Waals surface area contributed by atoms with E-state index < -0.39 is 29.5 Å². The minimum absolute atomic E-state index is 0.0142. The Labute approximate surface area is 106 Å². The van der Waals surface area contributed by atoms with Crippen LogP contribution in [0.4, 0.5) is 18.9 Å². The zero-order valence-corrected chi connectivity index (χ0v) is 9.65. The lowest BCUT2D eigenvalue weighted by atomic mass is 10.1. The number of benzene rings is 1. The Bertz CT molecular complexity index is 527. The molecule has 1 N–H and O–H groups in total. The molecule has 102 valence electrons. The first kappa shape index (κ1) is 13.4. The van der Waals surface area contributed by atoms with E-state index in [1.165, 1.54) is 18.2 Å². The largest absolute Gasteiger partial charge is 0.481 e. The van der Waals surface area contributed by atoms with Gasteiger partial charge in [-0.2, -0.15) is 13.2 Å². The minimum atomic E-state index is -4.59. The number of aliphatic carboxylic acids is 1. The first-order valence-corrected chi connectivity index (χ1v) is 5.53. The summed E-state index contributed by atoms with van der Waals surface area (Å²) in [7, 11) is 0. The lowest BCUT2D eigenvalue weighted by Gasteiger charge is -2.21. The second-order valence-corrected chi connectivity index (χ2v) is 4.18. The van der Waals surface area contributed by atoms with Crippen LogP contribution in [-0.4, -0.2) is 23.5 Å². The average molecular weight is 273 g/mol. The van der Waals surface area contributed by atoms with Gasteiger partial charge >= 0.3 is 12.1 Å². The van der Waals surface area contributed by atoms with Crippen molar-refractivity contribution in [3.05, 3.63) is 29.8 Å². The van der Waals surface area contributed by atoms with Crippen molar-refractivity contribution >= 4 is 17.6 Å². The predicted octanol–water partition coefficient (Wildman–Crippen LogP) is 2.14. The van der Waals surface area contributed by atoms with E-state index in [4.69, 9.17) is 5.11 Å². The molecule has 1 atom stereocenters. The molecule has 0 bridgehead atoms. The molecule has 1 aliphatic rings. The van der Waals surface area contributed by atoms with Gasteiger partial charge in [0.1, 0.15) is 5.92 Å². The SMILES string of the molecule is O=C(O)C1CCN(c2ccccc2C(F)(F)F)C1=O. The Kier molecular flexibility index (Phi) is 3.21. The van der Waals surface area contributed by atoms with Gasteiger partial charge in [-0.05, 0) is 18.6 Å². The van der Waals surface area contributed by atoms with Gasteiger partial charge in [0, 0.05) is 6.54 Å². The Morgan fingerprint density at radius 3 is 2.47 bits per heavy atom. The molecular weight excluding hydrogens is 263 g/mol. The molecule has 0 aliphatic carbocycles. The predicted molar refractivity (Wildman–Crippen MR) is 59.5 cm³/mol. The van der Waals surface area contributed by atoms with Gasteiger partial charge in [-0.3, -0.25) is 9.59 Å². The topological polar surface area (TPSA) is 57.6 Å². The highest BCUT2D eigenvalue weighted by Crippen LogP contribution is 2.38. The van der Waals surface area contributed by atoms with Crippen LogP contribution in [0.5, 0.6) is 0 Å². The van der Waals surface area contributed by atoms with Gasteiger partial charge in [-0.25, -0.2) is 0 Å². The van der Waals surface area contributed by atoms with Crippen molar-refractivity contribution in [2.75, 3.05) is 11.4 Å². The van der Waals surface area contributed by atoms with Crippen LogP contribution < -0.4 is 4.90 Å². The van der Waals surface area contributed by atoms with Gasteiger partial charge in [-0.1, -0.05) is 12.1 Å². The van der Waals surface area contributed by atoms with E-state index in [-0.39, 0.29) is 18.7 Å². The number of carbonyl (C=O) groups excluding carboxylic acids is 1. The summed E-state index contributed by atoms with van der Waals surface area (Å²) in [4.78, 5) is 23.5. The van der Waals surface area contributed by atoms with Crippen molar-refractivity contribution in [2.45, 2.75) is 12.6 Å².